The van der Waals surface area contributed by atoms with E-state index in [9.17, 15) is 9.59 Å². The van der Waals surface area contributed by atoms with E-state index >= 15 is 0 Å². The molecule has 134 valence electrons. The lowest BCUT2D eigenvalue weighted by atomic mass is 10.1. The summed E-state index contributed by atoms with van der Waals surface area (Å²) in [5.41, 5.74) is 0.841. The van der Waals surface area contributed by atoms with Crippen LogP contribution in [0.3, 0.4) is 0 Å². The fourth-order valence-corrected chi connectivity index (χ4v) is 2.94. The number of furan rings is 1. The molecule has 1 unspecified atom stereocenters. The Balaban J connectivity index is 1.80. The average molecular weight is 383 g/mol. The average Bonchev–Trinajstić information content (AvgIpc) is 3.11. The summed E-state index contributed by atoms with van der Waals surface area (Å²) in [5.74, 6) is -0.0488. The molecule has 7 heteroatoms. The maximum atomic E-state index is 12.3. The zero-order valence-corrected chi connectivity index (χ0v) is 15.6. The number of hydrogen-bond acceptors (Lipinski definition) is 3. The minimum atomic E-state index is -0.285. The first kappa shape index (κ1) is 19.3. The molecule has 0 radical (unpaired) electrons. The van der Waals surface area contributed by atoms with Gasteiger partial charge in [-0.2, -0.15) is 0 Å². The molecular formula is C18H20Cl2N2O3. The fraction of sp³-hybridized carbons (Fsp3) is 0.333. The first-order valence-electron chi connectivity index (χ1n) is 7.92. The number of carbonyl (C=O) groups is 2. The third-order valence-corrected chi connectivity index (χ3v) is 4.55. The van der Waals surface area contributed by atoms with Crippen LogP contribution in [-0.4, -0.2) is 30.3 Å². The number of amides is 2. The van der Waals surface area contributed by atoms with Gasteiger partial charge in [0.25, 0.3) is 5.91 Å². The molecule has 0 saturated heterocycles. The Morgan fingerprint density at radius 3 is 2.68 bits per heavy atom. The maximum Gasteiger partial charge on any atom is 0.286 e. The van der Waals surface area contributed by atoms with Gasteiger partial charge in [-0.25, -0.2) is 0 Å². The third kappa shape index (κ3) is 5.25. The standard InChI is InChI=1S/C18H20Cl2N2O3/c1-12(14-8-7-13(19)11-15(14)20)22(2)17(23)6-3-9-21-18(24)16-5-4-10-25-16/h4-5,7-8,10-12H,3,6,9H2,1-2H3,(H,21,24). The zero-order valence-electron chi connectivity index (χ0n) is 14.1. The van der Waals surface area contributed by atoms with E-state index in [1.807, 2.05) is 13.0 Å². The zero-order chi connectivity index (χ0) is 18.4. The Labute approximate surface area is 156 Å². The van der Waals surface area contributed by atoms with Crippen molar-refractivity contribution >= 4 is 35.0 Å². The second-order valence-electron chi connectivity index (χ2n) is 5.68. The van der Waals surface area contributed by atoms with Crippen LogP contribution in [0.5, 0.6) is 0 Å². The second kappa shape index (κ2) is 8.92. The normalized spacial score (nSPS) is 11.8. The summed E-state index contributed by atoms with van der Waals surface area (Å²) in [7, 11) is 1.74. The largest absolute Gasteiger partial charge is 0.459 e. The molecule has 0 saturated carbocycles. The fourth-order valence-electron chi connectivity index (χ4n) is 2.38. The molecule has 1 atom stereocenters. The molecule has 2 rings (SSSR count). The van der Waals surface area contributed by atoms with Gasteiger partial charge in [0, 0.05) is 30.1 Å². The minimum Gasteiger partial charge on any atom is -0.459 e. The number of carbonyl (C=O) groups excluding carboxylic acids is 2. The van der Waals surface area contributed by atoms with Crippen LogP contribution in [-0.2, 0) is 4.79 Å². The van der Waals surface area contributed by atoms with Crippen LogP contribution in [0.4, 0.5) is 0 Å². The van der Waals surface area contributed by atoms with Gasteiger partial charge < -0.3 is 14.6 Å². The minimum absolute atomic E-state index is 0.0224. The molecule has 0 aliphatic heterocycles. The lowest BCUT2D eigenvalue weighted by Gasteiger charge is -2.26. The quantitative estimate of drug-likeness (QED) is 0.725. The lowest BCUT2D eigenvalue weighted by Crippen LogP contribution is -2.31. The van der Waals surface area contributed by atoms with E-state index in [1.165, 1.54) is 6.26 Å². The topological polar surface area (TPSA) is 62.6 Å². The summed E-state index contributed by atoms with van der Waals surface area (Å²) in [6, 6.07) is 8.31. The van der Waals surface area contributed by atoms with Gasteiger partial charge in [0.15, 0.2) is 5.76 Å². The summed E-state index contributed by atoms with van der Waals surface area (Å²) in [4.78, 5) is 25.7. The highest BCUT2D eigenvalue weighted by Crippen LogP contribution is 2.29. The molecule has 0 spiro atoms. The summed E-state index contributed by atoms with van der Waals surface area (Å²) in [5, 5.41) is 3.81. The van der Waals surface area contributed by atoms with E-state index < -0.39 is 0 Å². The van der Waals surface area contributed by atoms with Crippen LogP contribution in [0.25, 0.3) is 0 Å². The van der Waals surface area contributed by atoms with Crippen molar-refractivity contribution in [1.82, 2.24) is 10.2 Å². The Bertz CT molecular complexity index is 732. The monoisotopic (exact) mass is 382 g/mol. The van der Waals surface area contributed by atoms with Crippen molar-refractivity contribution in [3.05, 3.63) is 58.0 Å². The van der Waals surface area contributed by atoms with E-state index in [4.69, 9.17) is 27.6 Å². The SMILES string of the molecule is CC(c1ccc(Cl)cc1Cl)N(C)C(=O)CCCNC(=O)c1ccco1. The van der Waals surface area contributed by atoms with E-state index in [0.717, 1.165) is 5.56 Å². The van der Waals surface area contributed by atoms with Crippen molar-refractivity contribution in [2.24, 2.45) is 0 Å². The maximum absolute atomic E-state index is 12.3. The van der Waals surface area contributed by atoms with Crippen LogP contribution in [0.1, 0.15) is 41.9 Å². The van der Waals surface area contributed by atoms with Crippen LogP contribution >= 0.6 is 23.2 Å². The van der Waals surface area contributed by atoms with Crippen LogP contribution in [0.2, 0.25) is 10.0 Å². The van der Waals surface area contributed by atoms with Crippen molar-refractivity contribution in [1.29, 1.82) is 0 Å². The molecule has 0 bridgehead atoms. The molecule has 0 aliphatic rings. The van der Waals surface area contributed by atoms with Gasteiger partial charge in [-0.3, -0.25) is 9.59 Å². The Morgan fingerprint density at radius 2 is 2.04 bits per heavy atom. The van der Waals surface area contributed by atoms with E-state index in [2.05, 4.69) is 5.32 Å². The van der Waals surface area contributed by atoms with E-state index in [1.54, 1.807) is 36.2 Å². The predicted molar refractivity (Wildman–Crippen MR) is 97.9 cm³/mol. The highest BCUT2D eigenvalue weighted by Gasteiger charge is 2.19. The molecule has 2 amide bonds. The van der Waals surface area contributed by atoms with Crippen molar-refractivity contribution in [2.75, 3.05) is 13.6 Å². The second-order valence-corrected chi connectivity index (χ2v) is 6.53. The Morgan fingerprint density at radius 1 is 1.28 bits per heavy atom. The van der Waals surface area contributed by atoms with Gasteiger partial charge >= 0.3 is 0 Å². The smallest absolute Gasteiger partial charge is 0.286 e. The molecule has 5 nitrogen and oxygen atoms in total. The predicted octanol–water partition coefficient (Wildman–Crippen LogP) is 4.32. The Kier molecular flexibility index (Phi) is 6.91. The first-order chi connectivity index (χ1) is 11.9. The first-order valence-corrected chi connectivity index (χ1v) is 8.68. The molecular weight excluding hydrogens is 363 g/mol. The van der Waals surface area contributed by atoms with Crippen molar-refractivity contribution in [3.8, 4) is 0 Å². The molecule has 2 aromatic rings. The molecule has 1 aromatic carbocycles. The summed E-state index contributed by atoms with van der Waals surface area (Å²) >= 11 is 12.1. The van der Waals surface area contributed by atoms with Gasteiger partial charge in [-0.15, -0.1) is 0 Å². The van der Waals surface area contributed by atoms with Crippen LogP contribution < -0.4 is 5.32 Å². The molecule has 25 heavy (non-hydrogen) atoms. The van der Waals surface area contributed by atoms with Crippen LogP contribution in [0, 0.1) is 0 Å². The summed E-state index contributed by atoms with van der Waals surface area (Å²) in [6.45, 7) is 2.31. The highest BCUT2D eigenvalue weighted by molar-refractivity contribution is 6.35. The third-order valence-electron chi connectivity index (χ3n) is 3.98. The van der Waals surface area contributed by atoms with Crippen LogP contribution in [0.15, 0.2) is 41.0 Å². The van der Waals surface area contributed by atoms with Gasteiger partial charge in [0.1, 0.15) is 0 Å². The number of benzene rings is 1. The molecule has 0 fully saturated rings. The van der Waals surface area contributed by atoms with E-state index in [0.29, 0.717) is 29.4 Å². The van der Waals surface area contributed by atoms with Gasteiger partial charge in [0.05, 0.1) is 12.3 Å². The highest BCUT2D eigenvalue weighted by atomic mass is 35.5. The summed E-state index contributed by atoms with van der Waals surface area (Å²) in [6.07, 6.45) is 2.30. The molecule has 0 aliphatic carbocycles. The van der Waals surface area contributed by atoms with Crippen molar-refractivity contribution < 1.29 is 14.0 Å². The number of hydrogen-bond donors (Lipinski definition) is 1. The van der Waals surface area contributed by atoms with Gasteiger partial charge in [-0.1, -0.05) is 29.3 Å². The lowest BCUT2D eigenvalue weighted by molar-refractivity contribution is -0.131. The van der Waals surface area contributed by atoms with E-state index in [-0.39, 0.29) is 23.6 Å². The number of rotatable bonds is 7. The van der Waals surface area contributed by atoms with Gasteiger partial charge in [0.2, 0.25) is 5.91 Å². The number of nitrogens with one attached hydrogen (secondary N) is 1. The van der Waals surface area contributed by atoms with Crippen molar-refractivity contribution in [2.45, 2.75) is 25.8 Å². The number of nitrogens with zero attached hydrogens (tertiary/aromatic N) is 1. The summed E-state index contributed by atoms with van der Waals surface area (Å²) < 4.78 is 5.00. The number of halogens is 2. The van der Waals surface area contributed by atoms with Crippen molar-refractivity contribution in [3.63, 3.8) is 0 Å². The molecule has 1 aromatic heterocycles. The molecule has 1 N–H and O–H groups in total. The van der Waals surface area contributed by atoms with Gasteiger partial charge in [-0.05, 0) is 43.2 Å². The Hall–Kier alpha value is -1.98. The molecule has 1 heterocycles.